The topological polar surface area (TPSA) is 69.0 Å². The fourth-order valence-electron chi connectivity index (χ4n) is 3.90. The van der Waals surface area contributed by atoms with Crippen LogP contribution in [-0.4, -0.2) is 38.4 Å². The molecule has 0 radical (unpaired) electrons. The van der Waals surface area contributed by atoms with Gasteiger partial charge in [-0.3, -0.25) is 4.57 Å². The summed E-state index contributed by atoms with van der Waals surface area (Å²) in [7, 11) is 0. The summed E-state index contributed by atoms with van der Waals surface area (Å²) in [5.41, 5.74) is 1.09. The second-order valence-corrected chi connectivity index (χ2v) is 9.23. The van der Waals surface area contributed by atoms with Gasteiger partial charge in [0.1, 0.15) is 17.2 Å². The molecule has 1 aromatic carbocycles. The van der Waals surface area contributed by atoms with Gasteiger partial charge in [-0.05, 0) is 51.0 Å². The minimum absolute atomic E-state index is 0.229. The fraction of sp³-hybridized carbons (Fsp3) is 0.550. The molecular formula is C20H23ClF2N4O2. The first-order valence-electron chi connectivity index (χ1n) is 9.61. The van der Waals surface area contributed by atoms with Crippen LogP contribution in [0.2, 0.25) is 5.02 Å². The van der Waals surface area contributed by atoms with E-state index >= 15 is 0 Å². The molecule has 2 aliphatic rings. The molecule has 0 bridgehead atoms. The van der Waals surface area contributed by atoms with Gasteiger partial charge in [0, 0.05) is 36.2 Å². The first-order chi connectivity index (χ1) is 13.5. The summed E-state index contributed by atoms with van der Waals surface area (Å²) >= 11 is 6.20. The molecule has 29 heavy (non-hydrogen) atoms. The highest BCUT2D eigenvalue weighted by molar-refractivity contribution is 6.30. The predicted molar refractivity (Wildman–Crippen MR) is 104 cm³/mol. The molecule has 9 heteroatoms. The van der Waals surface area contributed by atoms with Crippen molar-refractivity contribution in [2.24, 2.45) is 0 Å². The summed E-state index contributed by atoms with van der Waals surface area (Å²) in [5.74, 6) is -1.83. The van der Waals surface area contributed by atoms with Crippen molar-refractivity contribution in [1.82, 2.24) is 20.1 Å². The Bertz CT molecular complexity index is 946. The summed E-state index contributed by atoms with van der Waals surface area (Å²) in [6.45, 7) is 5.39. The van der Waals surface area contributed by atoms with Crippen LogP contribution in [0.15, 0.2) is 18.2 Å². The number of benzene rings is 1. The quantitative estimate of drug-likeness (QED) is 0.774. The molecule has 1 atom stereocenters. The van der Waals surface area contributed by atoms with E-state index in [1.807, 2.05) is 16.7 Å². The highest BCUT2D eigenvalue weighted by Crippen LogP contribution is 2.48. The molecule has 1 aliphatic heterocycles. The number of rotatable bonds is 2. The van der Waals surface area contributed by atoms with Crippen molar-refractivity contribution in [3.63, 3.8) is 0 Å². The molecule has 1 saturated carbocycles. The Kier molecular flexibility index (Phi) is 4.80. The maximum Gasteiger partial charge on any atom is 0.407 e. The lowest BCUT2D eigenvalue weighted by atomic mass is 9.80. The number of alkyl carbamates (subject to hydrolysis) is 1. The molecule has 0 saturated heterocycles. The van der Waals surface area contributed by atoms with Crippen LogP contribution in [0.3, 0.4) is 0 Å². The number of hydrogen-bond donors (Lipinski definition) is 1. The maximum atomic E-state index is 13.4. The maximum absolute atomic E-state index is 13.4. The van der Waals surface area contributed by atoms with Crippen molar-refractivity contribution in [1.29, 1.82) is 0 Å². The number of amides is 1. The Balaban J connectivity index is 1.67. The molecule has 6 nitrogen and oxygen atoms in total. The van der Waals surface area contributed by atoms with Crippen LogP contribution in [0.25, 0.3) is 5.69 Å². The molecular weight excluding hydrogens is 402 g/mol. The average Bonchev–Trinajstić information content (AvgIpc) is 2.87. The van der Waals surface area contributed by atoms with Crippen molar-refractivity contribution in [2.75, 3.05) is 0 Å². The van der Waals surface area contributed by atoms with E-state index in [9.17, 15) is 13.6 Å². The molecule has 156 valence electrons. The van der Waals surface area contributed by atoms with Gasteiger partial charge in [0.05, 0.1) is 5.69 Å². The average molecular weight is 425 g/mol. The third-order valence-corrected chi connectivity index (χ3v) is 5.34. The van der Waals surface area contributed by atoms with Crippen LogP contribution in [0.4, 0.5) is 13.6 Å². The molecule has 4 rings (SSSR count). The van der Waals surface area contributed by atoms with Gasteiger partial charge in [0.15, 0.2) is 0 Å². The third-order valence-electron chi connectivity index (χ3n) is 5.11. The van der Waals surface area contributed by atoms with Gasteiger partial charge in [-0.25, -0.2) is 13.6 Å². The number of carbonyl (C=O) groups is 1. The smallest absolute Gasteiger partial charge is 0.407 e. The second-order valence-electron chi connectivity index (χ2n) is 8.80. The molecule has 1 amide bonds. The lowest BCUT2D eigenvalue weighted by molar-refractivity contribution is -0.0888. The molecule has 1 unspecified atom stereocenters. The third kappa shape index (κ3) is 4.22. The van der Waals surface area contributed by atoms with E-state index in [2.05, 4.69) is 15.5 Å². The number of nitrogens with zero attached hydrogens (tertiary/aromatic N) is 3. The van der Waals surface area contributed by atoms with E-state index in [1.54, 1.807) is 26.8 Å². The van der Waals surface area contributed by atoms with E-state index in [0.717, 1.165) is 11.3 Å². The van der Waals surface area contributed by atoms with Crippen molar-refractivity contribution >= 4 is 17.7 Å². The van der Waals surface area contributed by atoms with Gasteiger partial charge in [0.25, 0.3) is 0 Å². The fourth-order valence-corrected chi connectivity index (χ4v) is 4.10. The Morgan fingerprint density at radius 1 is 1.28 bits per heavy atom. The Morgan fingerprint density at radius 3 is 2.66 bits per heavy atom. The molecule has 0 spiro atoms. The number of alkyl halides is 2. The summed E-state index contributed by atoms with van der Waals surface area (Å²) in [6, 6.07) is 5.14. The monoisotopic (exact) mass is 424 g/mol. The SMILES string of the molecule is CC(C)(C)OC(=O)NC1Cc2cc(Cl)ccc2-n2c(nnc2C2CC(F)(F)C2)C1. The first-order valence-corrected chi connectivity index (χ1v) is 9.99. The summed E-state index contributed by atoms with van der Waals surface area (Å²) in [4.78, 5) is 12.3. The summed E-state index contributed by atoms with van der Waals surface area (Å²) in [5, 5.41) is 11.9. The van der Waals surface area contributed by atoms with E-state index in [1.165, 1.54) is 0 Å². The van der Waals surface area contributed by atoms with Gasteiger partial charge in [-0.2, -0.15) is 0 Å². The number of fused-ring (bicyclic) bond motifs is 3. The van der Waals surface area contributed by atoms with Crippen molar-refractivity contribution in [3.05, 3.63) is 40.4 Å². The zero-order valence-corrected chi connectivity index (χ0v) is 17.3. The largest absolute Gasteiger partial charge is 0.444 e. The lowest BCUT2D eigenvalue weighted by Gasteiger charge is -2.34. The minimum Gasteiger partial charge on any atom is -0.444 e. The van der Waals surface area contributed by atoms with E-state index in [4.69, 9.17) is 16.3 Å². The highest BCUT2D eigenvalue weighted by Gasteiger charge is 2.48. The van der Waals surface area contributed by atoms with Crippen LogP contribution in [0, 0.1) is 0 Å². The normalized spacial score (nSPS) is 20.8. The van der Waals surface area contributed by atoms with E-state index in [-0.39, 0.29) is 24.8 Å². The first kappa shape index (κ1) is 20.1. The predicted octanol–water partition coefficient (Wildman–Crippen LogP) is 4.43. The Hall–Kier alpha value is -2.22. The zero-order valence-electron chi connectivity index (χ0n) is 16.5. The van der Waals surface area contributed by atoms with Gasteiger partial charge in [0.2, 0.25) is 5.92 Å². The van der Waals surface area contributed by atoms with Gasteiger partial charge in [-0.1, -0.05) is 11.6 Å². The second kappa shape index (κ2) is 6.93. The number of nitrogens with one attached hydrogen (secondary N) is 1. The summed E-state index contributed by atoms with van der Waals surface area (Å²) in [6.07, 6.45) is -0.0558. The van der Waals surface area contributed by atoms with Crippen LogP contribution in [0.1, 0.15) is 56.7 Å². The molecule has 1 aromatic heterocycles. The van der Waals surface area contributed by atoms with Gasteiger partial charge in [-0.15, -0.1) is 10.2 Å². The van der Waals surface area contributed by atoms with Crippen LogP contribution in [0.5, 0.6) is 0 Å². The van der Waals surface area contributed by atoms with Gasteiger partial charge < -0.3 is 10.1 Å². The highest BCUT2D eigenvalue weighted by atomic mass is 35.5. The van der Waals surface area contributed by atoms with Gasteiger partial charge >= 0.3 is 6.09 Å². The molecule has 1 aliphatic carbocycles. The number of carbonyl (C=O) groups excluding carboxylic acids is 1. The van der Waals surface area contributed by atoms with Crippen LogP contribution in [-0.2, 0) is 17.6 Å². The molecule has 2 aromatic rings. The number of hydrogen-bond acceptors (Lipinski definition) is 4. The number of halogens is 3. The van der Waals surface area contributed by atoms with Crippen molar-refractivity contribution in [3.8, 4) is 5.69 Å². The van der Waals surface area contributed by atoms with Crippen molar-refractivity contribution < 1.29 is 18.3 Å². The molecule has 1 fully saturated rings. The molecule has 2 heterocycles. The number of aromatic nitrogens is 3. The standard InChI is InChI=1S/C20H23ClF2N4O2/c1-19(2,3)29-18(28)24-14-7-11-6-13(21)4-5-15(11)27-16(8-14)25-26-17(27)12-9-20(22,23)10-12/h4-6,12,14H,7-10H2,1-3H3,(H,24,28). The summed E-state index contributed by atoms with van der Waals surface area (Å²) < 4.78 is 34.1. The van der Waals surface area contributed by atoms with Crippen LogP contribution >= 0.6 is 11.6 Å². The van der Waals surface area contributed by atoms with Crippen LogP contribution < -0.4 is 5.32 Å². The van der Waals surface area contributed by atoms with E-state index in [0.29, 0.717) is 29.5 Å². The number of ether oxygens (including phenoxy) is 1. The zero-order chi connectivity index (χ0) is 21.0. The molecule has 1 N–H and O–H groups in total. The Morgan fingerprint density at radius 2 is 2.00 bits per heavy atom. The van der Waals surface area contributed by atoms with Crippen molar-refractivity contribution in [2.45, 2.75) is 69.9 Å². The Labute approximate surface area is 172 Å². The lowest BCUT2D eigenvalue weighted by Crippen LogP contribution is -2.41. The van der Waals surface area contributed by atoms with E-state index < -0.39 is 17.6 Å². The minimum atomic E-state index is -2.65.